The molecule has 2 amide bonds. The third-order valence-corrected chi connectivity index (χ3v) is 3.53. The molecule has 2 aromatic rings. The van der Waals surface area contributed by atoms with E-state index in [1.54, 1.807) is 12.1 Å². The van der Waals surface area contributed by atoms with E-state index in [0.717, 1.165) is 11.1 Å². The van der Waals surface area contributed by atoms with Crippen molar-refractivity contribution in [2.45, 2.75) is 33.4 Å². The van der Waals surface area contributed by atoms with Gasteiger partial charge in [0.15, 0.2) is 5.76 Å². The van der Waals surface area contributed by atoms with Gasteiger partial charge >= 0.3 is 0 Å². The summed E-state index contributed by atoms with van der Waals surface area (Å²) in [5.41, 5.74) is 2.17. The van der Waals surface area contributed by atoms with Crippen LogP contribution in [-0.4, -0.2) is 17.9 Å². The molecule has 0 bridgehead atoms. The Morgan fingerprint density at radius 2 is 1.96 bits per heavy atom. The minimum atomic E-state index is -0.614. The lowest BCUT2D eigenvalue weighted by molar-refractivity contribution is -0.124. The van der Waals surface area contributed by atoms with E-state index in [9.17, 15) is 9.59 Å². The van der Waals surface area contributed by atoms with E-state index in [1.165, 1.54) is 6.26 Å². The maximum atomic E-state index is 12.4. The Hall–Kier alpha value is -2.56. The van der Waals surface area contributed by atoms with Crippen LogP contribution in [0.25, 0.3) is 0 Å². The summed E-state index contributed by atoms with van der Waals surface area (Å²) < 4.78 is 5.05. The molecule has 1 aromatic carbocycles. The molecule has 1 aromatic heterocycles. The van der Waals surface area contributed by atoms with Crippen LogP contribution in [0.15, 0.2) is 47.1 Å². The maximum Gasteiger partial charge on any atom is 0.287 e. The van der Waals surface area contributed by atoms with Crippen molar-refractivity contribution in [1.82, 2.24) is 10.6 Å². The quantitative estimate of drug-likeness (QED) is 0.861. The number of benzene rings is 1. The van der Waals surface area contributed by atoms with Gasteiger partial charge in [-0.15, -0.1) is 0 Å². The van der Waals surface area contributed by atoms with Gasteiger partial charge in [0.25, 0.3) is 5.91 Å². The summed E-state index contributed by atoms with van der Waals surface area (Å²) in [5.74, 6) is -0.436. The van der Waals surface area contributed by atoms with Gasteiger partial charge in [0, 0.05) is 6.54 Å². The lowest BCUT2D eigenvalue weighted by Crippen LogP contribution is -2.49. The van der Waals surface area contributed by atoms with Gasteiger partial charge in [0.05, 0.1) is 6.26 Å². The number of aryl methyl sites for hydroxylation is 1. The van der Waals surface area contributed by atoms with Crippen molar-refractivity contribution in [3.63, 3.8) is 0 Å². The standard InChI is InChI=1S/C18H22N2O3/c1-12(2)16(20-17(21)15-8-5-9-23-15)18(22)19-11-14-7-4-6-13(3)10-14/h4-10,12,16H,11H2,1-3H3,(H,19,22)(H,20,21). The fourth-order valence-electron chi connectivity index (χ4n) is 2.28. The van der Waals surface area contributed by atoms with E-state index in [1.807, 2.05) is 45.0 Å². The van der Waals surface area contributed by atoms with Gasteiger partial charge in [-0.05, 0) is 30.5 Å². The molecule has 2 N–H and O–H groups in total. The van der Waals surface area contributed by atoms with Crippen molar-refractivity contribution in [2.75, 3.05) is 0 Å². The molecule has 0 aliphatic rings. The summed E-state index contributed by atoms with van der Waals surface area (Å²) in [6, 6.07) is 10.5. The molecule has 1 unspecified atom stereocenters. The first kappa shape index (κ1) is 16.8. The highest BCUT2D eigenvalue weighted by atomic mass is 16.3. The molecule has 1 atom stereocenters. The van der Waals surface area contributed by atoms with Gasteiger partial charge < -0.3 is 15.1 Å². The molecule has 0 saturated heterocycles. The fourth-order valence-corrected chi connectivity index (χ4v) is 2.28. The number of amides is 2. The van der Waals surface area contributed by atoms with Crippen molar-refractivity contribution in [1.29, 1.82) is 0 Å². The molecule has 23 heavy (non-hydrogen) atoms. The van der Waals surface area contributed by atoms with E-state index >= 15 is 0 Å². The number of rotatable bonds is 6. The molecular formula is C18H22N2O3. The third-order valence-electron chi connectivity index (χ3n) is 3.53. The predicted molar refractivity (Wildman–Crippen MR) is 87.8 cm³/mol. The van der Waals surface area contributed by atoms with Crippen LogP contribution in [0, 0.1) is 12.8 Å². The van der Waals surface area contributed by atoms with Gasteiger partial charge in [-0.2, -0.15) is 0 Å². The Kier molecular flexibility index (Phi) is 5.57. The molecule has 1 heterocycles. The monoisotopic (exact) mass is 314 g/mol. The van der Waals surface area contributed by atoms with Crippen LogP contribution in [-0.2, 0) is 11.3 Å². The van der Waals surface area contributed by atoms with Crippen molar-refractivity contribution in [3.05, 3.63) is 59.5 Å². The van der Waals surface area contributed by atoms with Gasteiger partial charge in [-0.1, -0.05) is 43.7 Å². The molecule has 0 fully saturated rings. The van der Waals surface area contributed by atoms with Crippen molar-refractivity contribution in [2.24, 2.45) is 5.92 Å². The van der Waals surface area contributed by atoms with Crippen LogP contribution in [0.1, 0.15) is 35.5 Å². The smallest absolute Gasteiger partial charge is 0.287 e. The second kappa shape index (κ2) is 7.63. The molecule has 5 nitrogen and oxygen atoms in total. The lowest BCUT2D eigenvalue weighted by Gasteiger charge is -2.21. The fraction of sp³-hybridized carbons (Fsp3) is 0.333. The number of hydrogen-bond acceptors (Lipinski definition) is 3. The Morgan fingerprint density at radius 1 is 1.17 bits per heavy atom. The summed E-state index contributed by atoms with van der Waals surface area (Å²) in [7, 11) is 0. The second-order valence-electron chi connectivity index (χ2n) is 5.88. The van der Waals surface area contributed by atoms with Gasteiger partial charge in [-0.3, -0.25) is 9.59 Å². The molecule has 0 aliphatic heterocycles. The van der Waals surface area contributed by atoms with Crippen LogP contribution in [0.5, 0.6) is 0 Å². The normalized spacial score (nSPS) is 12.0. The van der Waals surface area contributed by atoms with E-state index < -0.39 is 6.04 Å². The highest BCUT2D eigenvalue weighted by Crippen LogP contribution is 2.07. The first-order valence-corrected chi connectivity index (χ1v) is 7.65. The lowest BCUT2D eigenvalue weighted by atomic mass is 10.0. The highest BCUT2D eigenvalue weighted by molar-refractivity contribution is 5.95. The van der Waals surface area contributed by atoms with Crippen LogP contribution < -0.4 is 10.6 Å². The Morgan fingerprint density at radius 3 is 2.57 bits per heavy atom. The maximum absolute atomic E-state index is 12.4. The first-order chi connectivity index (χ1) is 11.0. The zero-order valence-electron chi connectivity index (χ0n) is 13.6. The average molecular weight is 314 g/mol. The van der Waals surface area contributed by atoms with Gasteiger partial charge in [0.2, 0.25) is 5.91 Å². The van der Waals surface area contributed by atoms with Crippen molar-refractivity contribution >= 4 is 11.8 Å². The molecule has 0 saturated carbocycles. The van der Waals surface area contributed by atoms with Gasteiger partial charge in [0.1, 0.15) is 6.04 Å². The Bertz CT molecular complexity index is 663. The molecule has 122 valence electrons. The van der Waals surface area contributed by atoms with E-state index in [0.29, 0.717) is 6.54 Å². The summed E-state index contributed by atoms with van der Waals surface area (Å²) >= 11 is 0. The number of furan rings is 1. The average Bonchev–Trinajstić information content (AvgIpc) is 3.04. The SMILES string of the molecule is Cc1cccc(CNC(=O)C(NC(=O)c2ccco2)C(C)C)c1. The Balaban J connectivity index is 1.97. The van der Waals surface area contributed by atoms with E-state index in [2.05, 4.69) is 10.6 Å². The van der Waals surface area contributed by atoms with Crippen LogP contribution in [0.4, 0.5) is 0 Å². The largest absolute Gasteiger partial charge is 0.459 e. The number of hydrogen-bond donors (Lipinski definition) is 2. The topological polar surface area (TPSA) is 71.3 Å². The number of carbonyl (C=O) groups is 2. The molecular weight excluding hydrogens is 292 g/mol. The minimum absolute atomic E-state index is 0.0357. The Labute approximate surface area is 136 Å². The highest BCUT2D eigenvalue weighted by Gasteiger charge is 2.25. The molecule has 0 aliphatic carbocycles. The summed E-state index contributed by atoms with van der Waals surface area (Å²) in [6.07, 6.45) is 1.43. The molecule has 0 radical (unpaired) electrons. The zero-order chi connectivity index (χ0) is 16.8. The minimum Gasteiger partial charge on any atom is -0.459 e. The zero-order valence-corrected chi connectivity index (χ0v) is 13.6. The van der Waals surface area contributed by atoms with E-state index in [-0.39, 0.29) is 23.5 Å². The number of carbonyl (C=O) groups excluding carboxylic acids is 2. The summed E-state index contributed by atoms with van der Waals surface area (Å²) in [5, 5.41) is 5.60. The van der Waals surface area contributed by atoms with Crippen molar-refractivity contribution < 1.29 is 14.0 Å². The van der Waals surface area contributed by atoms with Crippen molar-refractivity contribution in [3.8, 4) is 0 Å². The van der Waals surface area contributed by atoms with Crippen LogP contribution >= 0.6 is 0 Å². The first-order valence-electron chi connectivity index (χ1n) is 7.65. The van der Waals surface area contributed by atoms with Crippen LogP contribution in [0.3, 0.4) is 0 Å². The molecule has 2 rings (SSSR count). The second-order valence-corrected chi connectivity index (χ2v) is 5.88. The predicted octanol–water partition coefficient (Wildman–Crippen LogP) is 2.66. The third kappa shape index (κ3) is 4.71. The van der Waals surface area contributed by atoms with Crippen LogP contribution in [0.2, 0.25) is 0 Å². The number of nitrogens with one attached hydrogen (secondary N) is 2. The van der Waals surface area contributed by atoms with Gasteiger partial charge in [-0.25, -0.2) is 0 Å². The van der Waals surface area contributed by atoms with E-state index in [4.69, 9.17) is 4.42 Å². The summed E-state index contributed by atoms with van der Waals surface area (Å²) in [4.78, 5) is 24.5. The molecule has 0 spiro atoms. The molecule has 5 heteroatoms. The summed E-state index contributed by atoms with van der Waals surface area (Å²) in [6.45, 7) is 6.21.